The number of ether oxygens (including phenoxy) is 1. The number of nitro groups is 1. The van der Waals surface area contributed by atoms with Gasteiger partial charge in [-0.1, -0.05) is 0 Å². The number of halogens is 2. The van der Waals surface area contributed by atoms with Crippen LogP contribution in [0, 0.1) is 21.7 Å². The molecule has 0 saturated heterocycles. The van der Waals surface area contributed by atoms with Gasteiger partial charge in [0.25, 0.3) is 5.69 Å². The van der Waals surface area contributed by atoms with E-state index in [0.717, 1.165) is 12.1 Å². The number of rotatable bonds is 5. The third-order valence-corrected chi connectivity index (χ3v) is 2.61. The SMILES string of the molecule is CCNc1cc(Oc2ccc(F)c(F)c2)cc([N+](=O)[O-])c1. The second-order valence-electron chi connectivity index (χ2n) is 4.18. The van der Waals surface area contributed by atoms with Gasteiger partial charge in [0, 0.05) is 30.4 Å². The third-order valence-electron chi connectivity index (χ3n) is 2.61. The first-order valence-electron chi connectivity index (χ1n) is 6.16. The van der Waals surface area contributed by atoms with Gasteiger partial charge in [-0.15, -0.1) is 0 Å². The van der Waals surface area contributed by atoms with Crippen LogP contribution in [0.25, 0.3) is 0 Å². The van der Waals surface area contributed by atoms with Crippen LogP contribution in [-0.2, 0) is 0 Å². The number of hydrogen-bond donors (Lipinski definition) is 1. The average molecular weight is 294 g/mol. The minimum Gasteiger partial charge on any atom is -0.457 e. The Morgan fingerprint density at radius 1 is 1.14 bits per heavy atom. The molecule has 0 saturated carbocycles. The fraction of sp³-hybridized carbons (Fsp3) is 0.143. The molecule has 2 rings (SSSR count). The lowest BCUT2D eigenvalue weighted by atomic mass is 10.2. The van der Waals surface area contributed by atoms with Crippen LogP contribution >= 0.6 is 0 Å². The summed E-state index contributed by atoms with van der Waals surface area (Å²) >= 11 is 0. The van der Waals surface area contributed by atoms with Crippen LogP contribution in [0.3, 0.4) is 0 Å². The molecular weight excluding hydrogens is 282 g/mol. The van der Waals surface area contributed by atoms with Crippen LogP contribution in [0.5, 0.6) is 11.5 Å². The quantitative estimate of drug-likeness (QED) is 0.666. The van der Waals surface area contributed by atoms with Gasteiger partial charge < -0.3 is 10.1 Å². The zero-order chi connectivity index (χ0) is 15.4. The van der Waals surface area contributed by atoms with Crippen molar-refractivity contribution in [2.45, 2.75) is 6.92 Å². The minimum atomic E-state index is -1.05. The first-order chi connectivity index (χ1) is 9.99. The predicted molar refractivity (Wildman–Crippen MR) is 73.7 cm³/mol. The summed E-state index contributed by atoms with van der Waals surface area (Å²) in [6.45, 7) is 2.42. The predicted octanol–water partition coefficient (Wildman–Crippen LogP) is 4.10. The molecule has 0 atom stereocenters. The Kier molecular flexibility index (Phi) is 4.32. The van der Waals surface area contributed by atoms with E-state index in [1.165, 1.54) is 24.3 Å². The van der Waals surface area contributed by atoms with E-state index >= 15 is 0 Å². The summed E-state index contributed by atoms with van der Waals surface area (Å²) in [4.78, 5) is 10.3. The summed E-state index contributed by atoms with van der Waals surface area (Å²) < 4.78 is 31.3. The maximum Gasteiger partial charge on any atom is 0.275 e. The number of benzene rings is 2. The molecule has 1 N–H and O–H groups in total. The lowest BCUT2D eigenvalue weighted by Crippen LogP contribution is -1.99. The van der Waals surface area contributed by atoms with Crippen LogP contribution in [0.2, 0.25) is 0 Å². The zero-order valence-electron chi connectivity index (χ0n) is 11.1. The van der Waals surface area contributed by atoms with Crippen LogP contribution < -0.4 is 10.1 Å². The Morgan fingerprint density at radius 3 is 2.52 bits per heavy atom. The van der Waals surface area contributed by atoms with E-state index in [-0.39, 0.29) is 17.2 Å². The molecule has 0 amide bonds. The highest BCUT2D eigenvalue weighted by Gasteiger charge is 2.12. The molecule has 0 spiro atoms. The molecule has 0 aliphatic heterocycles. The van der Waals surface area contributed by atoms with Crippen molar-refractivity contribution >= 4 is 11.4 Å². The Labute approximate surface area is 119 Å². The number of nitro benzene ring substituents is 1. The molecule has 0 radical (unpaired) electrons. The smallest absolute Gasteiger partial charge is 0.275 e. The molecule has 0 heterocycles. The molecule has 0 fully saturated rings. The topological polar surface area (TPSA) is 64.4 Å². The number of anilines is 1. The van der Waals surface area contributed by atoms with Crippen molar-refractivity contribution in [2.75, 3.05) is 11.9 Å². The highest BCUT2D eigenvalue weighted by molar-refractivity contribution is 5.57. The van der Waals surface area contributed by atoms with Crippen LogP contribution in [-0.4, -0.2) is 11.5 Å². The molecule has 21 heavy (non-hydrogen) atoms. The monoisotopic (exact) mass is 294 g/mol. The van der Waals surface area contributed by atoms with Gasteiger partial charge in [-0.3, -0.25) is 10.1 Å². The summed E-state index contributed by atoms with van der Waals surface area (Å²) in [6.07, 6.45) is 0. The Morgan fingerprint density at radius 2 is 1.90 bits per heavy atom. The van der Waals surface area contributed by atoms with Crippen LogP contribution in [0.1, 0.15) is 6.92 Å². The molecule has 0 aliphatic carbocycles. The Balaban J connectivity index is 2.33. The van der Waals surface area contributed by atoms with Crippen molar-refractivity contribution in [3.63, 3.8) is 0 Å². The van der Waals surface area contributed by atoms with E-state index in [1.807, 2.05) is 6.92 Å². The second-order valence-corrected chi connectivity index (χ2v) is 4.18. The Bertz CT molecular complexity index is 677. The maximum atomic E-state index is 13.1. The molecule has 0 aliphatic rings. The molecule has 0 bridgehead atoms. The molecule has 0 aromatic heterocycles. The van der Waals surface area contributed by atoms with Crippen molar-refractivity contribution in [1.29, 1.82) is 0 Å². The van der Waals surface area contributed by atoms with Gasteiger partial charge in [0.1, 0.15) is 11.5 Å². The summed E-state index contributed by atoms with van der Waals surface area (Å²) in [6, 6.07) is 7.15. The molecule has 0 unspecified atom stereocenters. The first-order valence-corrected chi connectivity index (χ1v) is 6.16. The fourth-order valence-electron chi connectivity index (χ4n) is 1.73. The number of nitrogens with zero attached hydrogens (tertiary/aromatic N) is 1. The second kappa shape index (κ2) is 6.17. The van der Waals surface area contributed by atoms with Crippen molar-refractivity contribution in [1.82, 2.24) is 0 Å². The summed E-state index contributed by atoms with van der Waals surface area (Å²) in [5.74, 6) is -1.83. The van der Waals surface area contributed by atoms with E-state index in [1.54, 1.807) is 0 Å². The van der Waals surface area contributed by atoms with Gasteiger partial charge in [0.2, 0.25) is 0 Å². The van der Waals surface area contributed by atoms with Crippen LogP contribution in [0.4, 0.5) is 20.2 Å². The van der Waals surface area contributed by atoms with Gasteiger partial charge in [0.05, 0.1) is 11.0 Å². The molecule has 110 valence electrons. The molecular formula is C14H12F2N2O3. The van der Waals surface area contributed by atoms with Crippen LogP contribution in [0.15, 0.2) is 36.4 Å². The molecule has 7 heteroatoms. The lowest BCUT2D eigenvalue weighted by Gasteiger charge is -2.09. The largest absolute Gasteiger partial charge is 0.457 e. The molecule has 2 aromatic carbocycles. The third kappa shape index (κ3) is 3.65. The first kappa shape index (κ1) is 14.7. The lowest BCUT2D eigenvalue weighted by molar-refractivity contribution is -0.384. The normalized spacial score (nSPS) is 10.2. The standard InChI is InChI=1S/C14H12F2N2O3/c1-2-17-9-5-10(18(19)20)7-12(6-9)21-11-3-4-13(15)14(16)8-11/h3-8,17H,2H2,1H3. The van der Waals surface area contributed by atoms with Crippen molar-refractivity contribution < 1.29 is 18.4 Å². The fourth-order valence-corrected chi connectivity index (χ4v) is 1.73. The highest BCUT2D eigenvalue weighted by atomic mass is 19.2. The number of nitrogens with one attached hydrogen (secondary N) is 1. The van der Waals surface area contributed by atoms with Crippen molar-refractivity contribution in [2.24, 2.45) is 0 Å². The van der Waals surface area contributed by atoms with E-state index in [4.69, 9.17) is 4.74 Å². The van der Waals surface area contributed by atoms with Crippen molar-refractivity contribution in [3.8, 4) is 11.5 Å². The minimum absolute atomic E-state index is 0.0526. The maximum absolute atomic E-state index is 13.1. The van der Waals surface area contributed by atoms with Gasteiger partial charge in [-0.05, 0) is 19.1 Å². The van der Waals surface area contributed by atoms with Gasteiger partial charge in [-0.2, -0.15) is 0 Å². The summed E-state index contributed by atoms with van der Waals surface area (Å²) in [5, 5.41) is 13.8. The molecule has 2 aromatic rings. The van der Waals surface area contributed by atoms with Gasteiger partial charge in [0.15, 0.2) is 11.6 Å². The van der Waals surface area contributed by atoms with Crippen molar-refractivity contribution in [3.05, 3.63) is 58.1 Å². The molecule has 5 nitrogen and oxygen atoms in total. The number of hydrogen-bond acceptors (Lipinski definition) is 4. The van der Waals surface area contributed by atoms with Gasteiger partial charge >= 0.3 is 0 Å². The zero-order valence-corrected chi connectivity index (χ0v) is 11.1. The highest BCUT2D eigenvalue weighted by Crippen LogP contribution is 2.30. The van der Waals surface area contributed by atoms with E-state index in [2.05, 4.69) is 5.32 Å². The average Bonchev–Trinajstić information content (AvgIpc) is 2.43. The Hall–Kier alpha value is -2.70. The number of non-ortho nitro benzene ring substituents is 1. The summed E-state index contributed by atoms with van der Waals surface area (Å²) in [7, 11) is 0. The van der Waals surface area contributed by atoms with E-state index in [0.29, 0.717) is 12.2 Å². The summed E-state index contributed by atoms with van der Waals surface area (Å²) in [5.41, 5.74) is 0.343. The van der Waals surface area contributed by atoms with Gasteiger partial charge in [-0.25, -0.2) is 8.78 Å². The van der Waals surface area contributed by atoms with E-state index in [9.17, 15) is 18.9 Å². The van der Waals surface area contributed by atoms with E-state index < -0.39 is 16.6 Å².